The summed E-state index contributed by atoms with van der Waals surface area (Å²) < 4.78 is 16.4. The molecule has 0 saturated carbocycles. The fraction of sp³-hybridized carbons (Fsp3) is 0.316. The second kappa shape index (κ2) is 7.94. The van der Waals surface area contributed by atoms with Gasteiger partial charge in [-0.15, -0.1) is 0 Å². The van der Waals surface area contributed by atoms with Crippen LogP contribution in [-0.2, 0) is 4.79 Å². The molecule has 1 amide bonds. The number of aryl methyl sites for hydroxylation is 1. The first-order valence-corrected chi connectivity index (χ1v) is 8.51. The van der Waals surface area contributed by atoms with Gasteiger partial charge in [0.15, 0.2) is 23.9 Å². The summed E-state index contributed by atoms with van der Waals surface area (Å²) in [6.07, 6.45) is 0. The molecule has 2 aromatic rings. The highest BCUT2D eigenvalue weighted by atomic mass is 16.6. The van der Waals surface area contributed by atoms with Crippen molar-refractivity contribution in [2.24, 2.45) is 0 Å². The third-order valence-electron chi connectivity index (χ3n) is 4.11. The van der Waals surface area contributed by atoms with Gasteiger partial charge in [0.2, 0.25) is 0 Å². The highest BCUT2D eigenvalue weighted by Gasteiger charge is 2.18. The van der Waals surface area contributed by atoms with Crippen LogP contribution >= 0.6 is 0 Å². The number of hydrogen-bond donors (Lipinski definition) is 1. The minimum absolute atomic E-state index is 0.0627. The molecule has 0 spiro atoms. The topological polar surface area (TPSA) is 99.9 Å². The van der Waals surface area contributed by atoms with Crippen molar-refractivity contribution >= 4 is 11.6 Å². The van der Waals surface area contributed by atoms with Gasteiger partial charge in [-0.2, -0.15) is 0 Å². The Morgan fingerprint density at radius 1 is 1.22 bits per heavy atom. The van der Waals surface area contributed by atoms with Gasteiger partial charge in [0.25, 0.3) is 5.91 Å². The van der Waals surface area contributed by atoms with Crippen LogP contribution in [0.25, 0.3) is 0 Å². The average Bonchev–Trinajstić information content (AvgIpc) is 2.66. The lowest BCUT2D eigenvalue weighted by Crippen LogP contribution is -2.31. The van der Waals surface area contributed by atoms with Gasteiger partial charge in [-0.05, 0) is 43.2 Å². The Bertz CT molecular complexity index is 867. The maximum absolute atomic E-state index is 12.2. The first-order valence-electron chi connectivity index (χ1n) is 8.51. The van der Waals surface area contributed by atoms with Gasteiger partial charge < -0.3 is 19.5 Å². The lowest BCUT2D eigenvalue weighted by Gasteiger charge is -2.21. The van der Waals surface area contributed by atoms with E-state index in [0.29, 0.717) is 24.7 Å². The zero-order valence-electron chi connectivity index (χ0n) is 15.1. The summed E-state index contributed by atoms with van der Waals surface area (Å²) in [4.78, 5) is 22.7. The van der Waals surface area contributed by atoms with Gasteiger partial charge in [-0.1, -0.05) is 12.1 Å². The fourth-order valence-electron chi connectivity index (χ4n) is 2.73. The summed E-state index contributed by atoms with van der Waals surface area (Å²) in [6, 6.07) is 9.78. The van der Waals surface area contributed by atoms with Crippen LogP contribution in [0.3, 0.4) is 0 Å². The predicted molar refractivity (Wildman–Crippen MR) is 97.3 cm³/mol. The van der Waals surface area contributed by atoms with Gasteiger partial charge >= 0.3 is 5.69 Å². The molecule has 2 aromatic carbocycles. The third kappa shape index (κ3) is 4.46. The number of nitrogens with one attached hydrogen (secondary N) is 1. The van der Waals surface area contributed by atoms with Crippen LogP contribution in [0.15, 0.2) is 36.4 Å². The Morgan fingerprint density at radius 3 is 2.70 bits per heavy atom. The van der Waals surface area contributed by atoms with Gasteiger partial charge in [-0.3, -0.25) is 14.9 Å². The number of ether oxygens (including phenoxy) is 3. The van der Waals surface area contributed by atoms with Crippen molar-refractivity contribution in [2.75, 3.05) is 19.8 Å². The SMILES string of the molecule is Cc1ccc(OCC(=O)N[C@H](C)c2ccc3c(c2)OCCO3)c([N+](=O)[O-])c1. The van der Waals surface area contributed by atoms with Gasteiger partial charge in [0, 0.05) is 6.07 Å². The summed E-state index contributed by atoms with van der Waals surface area (Å²) in [6.45, 7) is 4.26. The molecule has 3 rings (SSSR count). The molecule has 0 fully saturated rings. The number of benzene rings is 2. The minimum Gasteiger partial charge on any atom is -0.486 e. The maximum atomic E-state index is 12.2. The summed E-state index contributed by atoms with van der Waals surface area (Å²) in [7, 11) is 0. The summed E-state index contributed by atoms with van der Waals surface area (Å²) >= 11 is 0. The number of amides is 1. The number of carbonyl (C=O) groups is 1. The summed E-state index contributed by atoms with van der Waals surface area (Å²) in [5, 5.41) is 13.9. The van der Waals surface area contributed by atoms with Crippen LogP contribution in [-0.4, -0.2) is 30.7 Å². The van der Waals surface area contributed by atoms with Crippen LogP contribution in [0.1, 0.15) is 24.1 Å². The highest BCUT2D eigenvalue weighted by molar-refractivity contribution is 5.78. The Kier molecular flexibility index (Phi) is 5.44. The van der Waals surface area contributed by atoms with E-state index in [1.54, 1.807) is 19.1 Å². The van der Waals surface area contributed by atoms with E-state index in [4.69, 9.17) is 14.2 Å². The first kappa shape index (κ1) is 18.5. The lowest BCUT2D eigenvalue weighted by molar-refractivity contribution is -0.385. The zero-order chi connectivity index (χ0) is 19.4. The minimum atomic E-state index is -0.530. The molecule has 1 heterocycles. The monoisotopic (exact) mass is 372 g/mol. The molecule has 8 heteroatoms. The van der Waals surface area contributed by atoms with Crippen LogP contribution in [0.4, 0.5) is 5.69 Å². The molecule has 0 saturated heterocycles. The van der Waals surface area contributed by atoms with Gasteiger partial charge in [0.05, 0.1) is 11.0 Å². The summed E-state index contributed by atoms with van der Waals surface area (Å²) in [5.41, 5.74) is 1.43. The van der Waals surface area contributed by atoms with Crippen LogP contribution in [0, 0.1) is 17.0 Å². The second-order valence-electron chi connectivity index (χ2n) is 6.21. The first-order chi connectivity index (χ1) is 12.9. The fourth-order valence-corrected chi connectivity index (χ4v) is 2.73. The van der Waals surface area contributed by atoms with Crippen molar-refractivity contribution in [3.63, 3.8) is 0 Å². The Balaban J connectivity index is 1.60. The smallest absolute Gasteiger partial charge is 0.311 e. The molecule has 0 bridgehead atoms. The average molecular weight is 372 g/mol. The number of nitro benzene ring substituents is 1. The Hall–Kier alpha value is -3.29. The van der Waals surface area contributed by atoms with E-state index >= 15 is 0 Å². The van der Waals surface area contributed by atoms with Crippen molar-refractivity contribution < 1.29 is 23.9 Å². The molecule has 142 valence electrons. The number of carbonyl (C=O) groups excluding carboxylic acids is 1. The molecule has 0 radical (unpaired) electrons. The predicted octanol–water partition coefficient (Wildman–Crippen LogP) is 2.93. The van der Waals surface area contributed by atoms with E-state index in [2.05, 4.69) is 5.32 Å². The molecular formula is C19H20N2O6. The van der Waals surface area contributed by atoms with E-state index < -0.39 is 4.92 Å². The summed E-state index contributed by atoms with van der Waals surface area (Å²) in [5.74, 6) is 1.00. The number of rotatable bonds is 6. The molecule has 0 unspecified atom stereocenters. The zero-order valence-corrected chi connectivity index (χ0v) is 15.1. The van der Waals surface area contributed by atoms with Crippen molar-refractivity contribution in [1.29, 1.82) is 0 Å². The van der Waals surface area contributed by atoms with E-state index in [1.807, 2.05) is 19.1 Å². The van der Waals surface area contributed by atoms with Crippen LogP contribution in [0.2, 0.25) is 0 Å². The second-order valence-corrected chi connectivity index (χ2v) is 6.21. The Morgan fingerprint density at radius 2 is 1.96 bits per heavy atom. The van der Waals surface area contributed by atoms with Gasteiger partial charge in [0.1, 0.15) is 13.2 Å². The molecule has 1 atom stereocenters. The van der Waals surface area contributed by atoms with Crippen molar-refractivity contribution in [1.82, 2.24) is 5.32 Å². The normalized spacial score (nSPS) is 13.6. The maximum Gasteiger partial charge on any atom is 0.311 e. The number of nitro groups is 1. The molecular weight excluding hydrogens is 352 g/mol. The van der Waals surface area contributed by atoms with E-state index in [1.165, 1.54) is 12.1 Å². The molecule has 0 aliphatic carbocycles. The lowest BCUT2D eigenvalue weighted by atomic mass is 10.1. The molecule has 1 N–H and O–H groups in total. The quantitative estimate of drug-likeness (QED) is 0.618. The van der Waals surface area contributed by atoms with Gasteiger partial charge in [-0.25, -0.2) is 0 Å². The standard InChI is InChI=1S/C19H20N2O6/c1-12-3-5-16(15(9-12)21(23)24)27-11-19(22)20-13(2)14-4-6-17-18(10-14)26-8-7-25-17/h3-6,9-10,13H,7-8,11H2,1-2H3,(H,20,22)/t13-/m1/s1. The van der Waals surface area contributed by atoms with Crippen molar-refractivity contribution in [2.45, 2.75) is 19.9 Å². The van der Waals surface area contributed by atoms with Crippen molar-refractivity contribution in [3.8, 4) is 17.2 Å². The molecule has 27 heavy (non-hydrogen) atoms. The van der Waals surface area contributed by atoms with Crippen molar-refractivity contribution in [3.05, 3.63) is 57.6 Å². The molecule has 8 nitrogen and oxygen atoms in total. The molecule has 1 aliphatic rings. The third-order valence-corrected chi connectivity index (χ3v) is 4.11. The largest absolute Gasteiger partial charge is 0.486 e. The van der Waals surface area contributed by atoms with E-state index in [9.17, 15) is 14.9 Å². The highest BCUT2D eigenvalue weighted by Crippen LogP contribution is 2.32. The molecule has 1 aliphatic heterocycles. The van der Waals surface area contributed by atoms with Crippen LogP contribution in [0.5, 0.6) is 17.2 Å². The molecule has 0 aromatic heterocycles. The Labute approximate surface area is 156 Å². The van der Waals surface area contributed by atoms with E-state index in [-0.39, 0.29) is 30.0 Å². The number of hydrogen-bond acceptors (Lipinski definition) is 6. The number of fused-ring (bicyclic) bond motifs is 1. The van der Waals surface area contributed by atoms with E-state index in [0.717, 1.165) is 11.1 Å². The van der Waals surface area contributed by atoms with Crippen LogP contribution < -0.4 is 19.5 Å². The number of nitrogens with zero attached hydrogens (tertiary/aromatic N) is 1.